The molecule has 4 rings (SSSR count). The fraction of sp³-hybridized carbons (Fsp3) is 0.500. The lowest BCUT2D eigenvalue weighted by Gasteiger charge is -2.32. The predicted molar refractivity (Wildman–Crippen MR) is 116 cm³/mol. The Kier molecular flexibility index (Phi) is 8.10. The minimum Gasteiger partial charge on any atom is -0.339 e. The highest BCUT2D eigenvalue weighted by Gasteiger charge is 2.26. The molecule has 1 N–H and O–H groups in total. The molecule has 1 aliphatic heterocycles. The lowest BCUT2D eigenvalue weighted by Crippen LogP contribution is -2.45. The number of likely N-dealkylation sites (tertiary alicyclic amines) is 1. The first-order valence-corrected chi connectivity index (χ1v) is 10.1. The number of carbonyl (C=O) groups excluding carboxylic acids is 1. The highest BCUT2D eigenvalue weighted by molar-refractivity contribution is 7.13. The molecule has 2 aromatic rings. The molecule has 1 saturated heterocycles. The Balaban J connectivity index is 0.00000131. The first-order valence-electron chi connectivity index (χ1n) is 9.24. The van der Waals surface area contributed by atoms with Crippen molar-refractivity contribution in [1.82, 2.24) is 15.2 Å². The number of hydrogen-bond donors (Lipinski definition) is 1. The van der Waals surface area contributed by atoms with E-state index in [2.05, 4.69) is 10.3 Å². The van der Waals surface area contributed by atoms with Crippen molar-refractivity contribution in [2.24, 2.45) is 5.92 Å². The first kappa shape index (κ1) is 22.2. The number of rotatable bonds is 5. The molecule has 7 heteroatoms. The number of nitrogens with one attached hydrogen (secondary N) is 1. The van der Waals surface area contributed by atoms with E-state index >= 15 is 0 Å². The van der Waals surface area contributed by atoms with E-state index in [1.807, 2.05) is 41.5 Å². The van der Waals surface area contributed by atoms with Crippen LogP contribution >= 0.6 is 36.2 Å². The topological polar surface area (TPSA) is 45.2 Å². The third-order valence-electron chi connectivity index (χ3n) is 5.15. The number of carbonyl (C=O) groups is 1. The normalized spacial score (nSPS) is 17.1. The lowest BCUT2D eigenvalue weighted by atomic mass is 10.0. The van der Waals surface area contributed by atoms with E-state index in [9.17, 15) is 4.79 Å². The second-order valence-corrected chi connectivity index (χ2v) is 8.15. The fourth-order valence-corrected chi connectivity index (χ4v) is 4.19. The van der Waals surface area contributed by atoms with E-state index < -0.39 is 0 Å². The number of aromatic nitrogens is 1. The van der Waals surface area contributed by atoms with Gasteiger partial charge < -0.3 is 10.2 Å². The molecule has 2 heterocycles. The number of benzene rings is 1. The molecule has 1 saturated carbocycles. The zero-order valence-electron chi connectivity index (χ0n) is 15.5. The van der Waals surface area contributed by atoms with Crippen LogP contribution in [0.4, 0.5) is 0 Å². The van der Waals surface area contributed by atoms with Crippen LogP contribution in [0, 0.1) is 12.8 Å². The van der Waals surface area contributed by atoms with E-state index in [0.717, 1.165) is 60.2 Å². The van der Waals surface area contributed by atoms with Gasteiger partial charge in [0.2, 0.25) is 0 Å². The minimum absolute atomic E-state index is 0. The summed E-state index contributed by atoms with van der Waals surface area (Å²) in [5.74, 6) is 1.06. The standard InChI is InChI=1S/C20H25N3OS.2ClH/c1-14-13-25-19(22-14)16-3-2-4-17(11-16)20(24)23-9-7-18(8-10-23)21-12-15-5-6-15;;/h2-4,11,13,15,18,21H,5-10,12H2,1H3;2*1H. The lowest BCUT2D eigenvalue weighted by molar-refractivity contribution is 0.0705. The molecule has 0 atom stereocenters. The van der Waals surface area contributed by atoms with Gasteiger partial charge in [0.25, 0.3) is 5.91 Å². The summed E-state index contributed by atoms with van der Waals surface area (Å²) in [4.78, 5) is 19.4. The van der Waals surface area contributed by atoms with Crippen molar-refractivity contribution in [1.29, 1.82) is 0 Å². The van der Waals surface area contributed by atoms with Crippen molar-refractivity contribution in [3.05, 3.63) is 40.9 Å². The highest BCUT2D eigenvalue weighted by Crippen LogP contribution is 2.28. The van der Waals surface area contributed by atoms with Crippen molar-refractivity contribution >= 4 is 42.1 Å². The second-order valence-electron chi connectivity index (χ2n) is 7.29. The van der Waals surface area contributed by atoms with Crippen LogP contribution in [0.3, 0.4) is 0 Å². The predicted octanol–water partition coefficient (Wildman–Crippen LogP) is 4.57. The van der Waals surface area contributed by atoms with Gasteiger partial charge in [-0.2, -0.15) is 0 Å². The third-order valence-corrected chi connectivity index (χ3v) is 6.16. The van der Waals surface area contributed by atoms with Gasteiger partial charge in [0.05, 0.1) is 0 Å². The summed E-state index contributed by atoms with van der Waals surface area (Å²) in [6.45, 7) is 4.85. The molecule has 148 valence electrons. The van der Waals surface area contributed by atoms with Crippen LogP contribution in [0.15, 0.2) is 29.6 Å². The zero-order valence-corrected chi connectivity index (χ0v) is 18.0. The highest BCUT2D eigenvalue weighted by atomic mass is 35.5. The van der Waals surface area contributed by atoms with Gasteiger partial charge in [0, 0.05) is 41.3 Å². The molecule has 1 amide bonds. The van der Waals surface area contributed by atoms with Crippen LogP contribution < -0.4 is 5.32 Å². The largest absolute Gasteiger partial charge is 0.339 e. The van der Waals surface area contributed by atoms with Crippen molar-refractivity contribution in [3.8, 4) is 10.6 Å². The van der Waals surface area contributed by atoms with Crippen LogP contribution in [0.2, 0.25) is 0 Å². The van der Waals surface area contributed by atoms with Gasteiger partial charge in [-0.1, -0.05) is 12.1 Å². The van der Waals surface area contributed by atoms with E-state index in [0.29, 0.717) is 6.04 Å². The monoisotopic (exact) mass is 427 g/mol. The van der Waals surface area contributed by atoms with E-state index in [1.165, 1.54) is 12.8 Å². The number of piperidine rings is 1. The molecule has 0 radical (unpaired) electrons. The Morgan fingerprint density at radius 3 is 2.59 bits per heavy atom. The molecule has 0 spiro atoms. The fourth-order valence-electron chi connectivity index (χ4n) is 3.40. The van der Waals surface area contributed by atoms with Crippen LogP contribution in [0.5, 0.6) is 0 Å². The Morgan fingerprint density at radius 2 is 1.96 bits per heavy atom. The Morgan fingerprint density at radius 1 is 1.22 bits per heavy atom. The van der Waals surface area contributed by atoms with Crippen molar-refractivity contribution in [3.63, 3.8) is 0 Å². The summed E-state index contributed by atoms with van der Waals surface area (Å²) in [5.41, 5.74) is 2.83. The molecule has 1 aromatic carbocycles. The van der Waals surface area contributed by atoms with Gasteiger partial charge >= 0.3 is 0 Å². The Bertz CT molecular complexity index is 755. The smallest absolute Gasteiger partial charge is 0.253 e. The quantitative estimate of drug-likeness (QED) is 0.759. The number of halogens is 2. The minimum atomic E-state index is 0. The molecular weight excluding hydrogens is 401 g/mol. The molecule has 4 nitrogen and oxygen atoms in total. The maximum Gasteiger partial charge on any atom is 0.253 e. The molecule has 1 aliphatic carbocycles. The van der Waals surface area contributed by atoms with Crippen molar-refractivity contribution in [2.45, 2.75) is 38.6 Å². The zero-order chi connectivity index (χ0) is 17.2. The molecule has 2 fully saturated rings. The summed E-state index contributed by atoms with van der Waals surface area (Å²) >= 11 is 1.63. The Labute approximate surface area is 177 Å². The molecule has 0 bridgehead atoms. The number of thiazole rings is 1. The van der Waals surface area contributed by atoms with Crippen molar-refractivity contribution < 1.29 is 4.79 Å². The SMILES string of the molecule is Cc1csc(-c2cccc(C(=O)N3CCC(NCC4CC4)CC3)c2)n1.Cl.Cl. The van der Waals surface area contributed by atoms with Gasteiger partial charge in [-0.3, -0.25) is 4.79 Å². The van der Waals surface area contributed by atoms with Crippen molar-refractivity contribution in [2.75, 3.05) is 19.6 Å². The molecular formula is C20H27Cl2N3OS. The van der Waals surface area contributed by atoms with E-state index in [-0.39, 0.29) is 30.7 Å². The van der Waals surface area contributed by atoms with Crippen LogP contribution in [0.25, 0.3) is 10.6 Å². The average Bonchev–Trinajstić information content (AvgIpc) is 3.39. The van der Waals surface area contributed by atoms with E-state index in [1.54, 1.807) is 11.3 Å². The van der Waals surface area contributed by atoms with Crippen LogP contribution in [-0.4, -0.2) is 41.5 Å². The molecule has 0 unspecified atom stereocenters. The number of hydrogen-bond acceptors (Lipinski definition) is 4. The summed E-state index contributed by atoms with van der Waals surface area (Å²) < 4.78 is 0. The average molecular weight is 428 g/mol. The van der Waals surface area contributed by atoms with Gasteiger partial charge in [-0.05, 0) is 57.2 Å². The first-order chi connectivity index (χ1) is 12.2. The van der Waals surface area contributed by atoms with Gasteiger partial charge in [0.15, 0.2) is 0 Å². The van der Waals surface area contributed by atoms with Crippen LogP contribution in [-0.2, 0) is 0 Å². The molecule has 2 aliphatic rings. The van der Waals surface area contributed by atoms with Gasteiger partial charge in [0.1, 0.15) is 5.01 Å². The number of amides is 1. The maximum absolute atomic E-state index is 12.9. The summed E-state index contributed by atoms with van der Waals surface area (Å²) in [6, 6.07) is 8.47. The Hall–Kier alpha value is -1.14. The summed E-state index contributed by atoms with van der Waals surface area (Å²) in [5, 5.41) is 6.70. The maximum atomic E-state index is 12.9. The summed E-state index contributed by atoms with van der Waals surface area (Å²) in [6.07, 6.45) is 4.90. The third kappa shape index (κ3) is 5.67. The van der Waals surface area contributed by atoms with Crippen LogP contribution in [0.1, 0.15) is 41.7 Å². The molecule has 1 aromatic heterocycles. The van der Waals surface area contributed by atoms with Gasteiger partial charge in [-0.15, -0.1) is 36.2 Å². The molecule has 27 heavy (non-hydrogen) atoms. The van der Waals surface area contributed by atoms with Gasteiger partial charge in [-0.25, -0.2) is 4.98 Å². The number of aryl methyl sites for hydroxylation is 1. The summed E-state index contributed by atoms with van der Waals surface area (Å²) in [7, 11) is 0. The van der Waals surface area contributed by atoms with E-state index in [4.69, 9.17) is 0 Å². The number of nitrogens with zero attached hydrogens (tertiary/aromatic N) is 2. The second kappa shape index (κ2) is 9.87.